The Morgan fingerprint density at radius 2 is 2.21 bits per heavy atom. The molecule has 1 aliphatic heterocycles. The topological polar surface area (TPSA) is 20.3 Å². The highest BCUT2D eigenvalue weighted by Gasteiger charge is 2.26. The second-order valence-corrected chi connectivity index (χ2v) is 5.87. The van der Waals surface area contributed by atoms with E-state index in [4.69, 9.17) is 0 Å². The molecule has 0 aromatic carbocycles. The molecule has 1 heterocycles. The zero-order chi connectivity index (χ0) is 9.97. The maximum atomic E-state index is 11.4. The van der Waals surface area contributed by atoms with Crippen molar-refractivity contribution in [2.75, 3.05) is 13.1 Å². The summed E-state index contributed by atoms with van der Waals surface area (Å²) in [5.41, 5.74) is 0. The van der Waals surface area contributed by atoms with Crippen LogP contribution in [0.4, 0.5) is 0 Å². The maximum Gasteiger partial charge on any atom is 0.222 e. The molecule has 1 saturated carbocycles. The zero-order valence-corrected chi connectivity index (χ0v) is 10.1. The standard InChI is InChI=1S/C11H18BrNO/c12-10-4-1-3-9(7-10)8-13-6-2-5-11(13)14/h9-10H,1-8H2. The van der Waals surface area contributed by atoms with Gasteiger partial charge in [-0.25, -0.2) is 0 Å². The third kappa shape index (κ3) is 2.50. The fourth-order valence-electron chi connectivity index (χ4n) is 2.60. The Balaban J connectivity index is 1.81. The first-order valence-electron chi connectivity index (χ1n) is 5.67. The third-order valence-corrected chi connectivity index (χ3v) is 4.20. The van der Waals surface area contributed by atoms with Crippen molar-refractivity contribution in [1.82, 2.24) is 4.90 Å². The molecule has 2 rings (SSSR count). The van der Waals surface area contributed by atoms with Crippen LogP contribution in [0, 0.1) is 5.92 Å². The molecule has 0 bridgehead atoms. The molecule has 1 amide bonds. The van der Waals surface area contributed by atoms with Crippen molar-refractivity contribution < 1.29 is 4.79 Å². The Labute approximate surface area is 94.2 Å². The molecule has 2 atom stereocenters. The van der Waals surface area contributed by atoms with E-state index in [1.807, 2.05) is 0 Å². The molecule has 2 fully saturated rings. The summed E-state index contributed by atoms with van der Waals surface area (Å²) >= 11 is 3.69. The number of amides is 1. The van der Waals surface area contributed by atoms with Crippen LogP contribution in [-0.4, -0.2) is 28.7 Å². The van der Waals surface area contributed by atoms with Gasteiger partial charge in [-0.15, -0.1) is 0 Å². The van der Waals surface area contributed by atoms with Crippen LogP contribution in [0.3, 0.4) is 0 Å². The van der Waals surface area contributed by atoms with Crippen LogP contribution >= 0.6 is 15.9 Å². The van der Waals surface area contributed by atoms with Gasteiger partial charge in [0.2, 0.25) is 5.91 Å². The van der Waals surface area contributed by atoms with Crippen LogP contribution in [0.15, 0.2) is 0 Å². The maximum absolute atomic E-state index is 11.4. The summed E-state index contributed by atoms with van der Waals surface area (Å²) in [7, 11) is 0. The van der Waals surface area contributed by atoms with Gasteiger partial charge in [0.1, 0.15) is 0 Å². The predicted molar refractivity (Wildman–Crippen MR) is 60.5 cm³/mol. The molecule has 2 aliphatic rings. The smallest absolute Gasteiger partial charge is 0.222 e. The normalized spacial score (nSPS) is 33.8. The lowest BCUT2D eigenvalue weighted by Crippen LogP contribution is -2.32. The molecule has 0 aromatic heterocycles. The zero-order valence-electron chi connectivity index (χ0n) is 8.54. The molecular formula is C11H18BrNO. The molecule has 1 aliphatic carbocycles. The van der Waals surface area contributed by atoms with Gasteiger partial charge in [0, 0.05) is 24.3 Å². The highest BCUT2D eigenvalue weighted by atomic mass is 79.9. The monoisotopic (exact) mass is 259 g/mol. The van der Waals surface area contributed by atoms with Gasteiger partial charge in [0.25, 0.3) is 0 Å². The minimum atomic E-state index is 0.377. The number of hydrogen-bond acceptors (Lipinski definition) is 1. The van der Waals surface area contributed by atoms with Crippen molar-refractivity contribution >= 4 is 21.8 Å². The van der Waals surface area contributed by atoms with Gasteiger partial charge in [0.15, 0.2) is 0 Å². The average Bonchev–Trinajstić information content (AvgIpc) is 2.52. The van der Waals surface area contributed by atoms with E-state index in [-0.39, 0.29) is 0 Å². The minimum absolute atomic E-state index is 0.377. The fraction of sp³-hybridized carbons (Fsp3) is 0.909. The molecule has 80 valence electrons. The first-order valence-corrected chi connectivity index (χ1v) is 6.59. The van der Waals surface area contributed by atoms with Crippen LogP contribution in [-0.2, 0) is 4.79 Å². The highest BCUT2D eigenvalue weighted by molar-refractivity contribution is 9.09. The van der Waals surface area contributed by atoms with Gasteiger partial charge < -0.3 is 4.90 Å². The van der Waals surface area contributed by atoms with Crippen LogP contribution < -0.4 is 0 Å². The van der Waals surface area contributed by atoms with Crippen molar-refractivity contribution in [3.8, 4) is 0 Å². The summed E-state index contributed by atoms with van der Waals surface area (Å²) in [4.78, 5) is 14.2. The molecule has 14 heavy (non-hydrogen) atoms. The number of alkyl halides is 1. The molecule has 3 heteroatoms. The highest BCUT2D eigenvalue weighted by Crippen LogP contribution is 2.30. The summed E-state index contributed by atoms with van der Waals surface area (Å²) in [6, 6.07) is 0. The van der Waals surface area contributed by atoms with Crippen molar-refractivity contribution in [3.05, 3.63) is 0 Å². The van der Waals surface area contributed by atoms with Gasteiger partial charge in [0.05, 0.1) is 0 Å². The molecule has 0 radical (unpaired) electrons. The fourth-order valence-corrected chi connectivity index (χ4v) is 3.45. The second-order valence-electron chi connectivity index (χ2n) is 4.57. The van der Waals surface area contributed by atoms with Crippen molar-refractivity contribution in [2.45, 2.75) is 43.4 Å². The van der Waals surface area contributed by atoms with Crippen LogP contribution in [0.1, 0.15) is 38.5 Å². The molecule has 2 nitrogen and oxygen atoms in total. The van der Waals surface area contributed by atoms with Crippen molar-refractivity contribution in [2.24, 2.45) is 5.92 Å². The number of carbonyl (C=O) groups excluding carboxylic acids is 1. The number of hydrogen-bond donors (Lipinski definition) is 0. The van der Waals surface area contributed by atoms with Gasteiger partial charge in [-0.05, 0) is 31.6 Å². The lowest BCUT2D eigenvalue weighted by molar-refractivity contribution is -0.128. The second kappa shape index (κ2) is 4.65. The largest absolute Gasteiger partial charge is 0.342 e. The van der Waals surface area contributed by atoms with E-state index >= 15 is 0 Å². The minimum Gasteiger partial charge on any atom is -0.342 e. The van der Waals surface area contributed by atoms with E-state index in [0.29, 0.717) is 10.7 Å². The quantitative estimate of drug-likeness (QED) is 0.699. The van der Waals surface area contributed by atoms with Crippen LogP contribution in [0.5, 0.6) is 0 Å². The van der Waals surface area contributed by atoms with Crippen LogP contribution in [0.25, 0.3) is 0 Å². The number of rotatable bonds is 2. The first kappa shape index (κ1) is 10.5. The van der Waals surface area contributed by atoms with Gasteiger partial charge in [-0.1, -0.05) is 22.4 Å². The first-order chi connectivity index (χ1) is 6.75. The summed E-state index contributed by atoms with van der Waals surface area (Å²) in [5, 5.41) is 0. The molecule has 2 unspecified atom stereocenters. The molecule has 0 N–H and O–H groups in total. The van der Waals surface area contributed by atoms with E-state index in [9.17, 15) is 4.79 Å². The van der Waals surface area contributed by atoms with Gasteiger partial charge in [-0.2, -0.15) is 0 Å². The summed E-state index contributed by atoms with van der Waals surface area (Å²) in [6.07, 6.45) is 7.05. The Morgan fingerprint density at radius 1 is 1.36 bits per heavy atom. The Hall–Kier alpha value is -0.0500. The summed E-state index contributed by atoms with van der Waals surface area (Å²) in [6.45, 7) is 2.02. The lowest BCUT2D eigenvalue weighted by atomic mass is 9.89. The molecular weight excluding hydrogens is 242 g/mol. The molecule has 0 spiro atoms. The summed E-state index contributed by atoms with van der Waals surface area (Å²) in [5.74, 6) is 1.12. The van der Waals surface area contributed by atoms with E-state index in [1.165, 1.54) is 25.7 Å². The third-order valence-electron chi connectivity index (χ3n) is 3.37. The Morgan fingerprint density at radius 3 is 2.86 bits per heavy atom. The van der Waals surface area contributed by atoms with E-state index in [2.05, 4.69) is 20.8 Å². The van der Waals surface area contributed by atoms with E-state index in [1.54, 1.807) is 0 Å². The Kier molecular flexibility index (Phi) is 3.47. The number of carbonyl (C=O) groups is 1. The van der Waals surface area contributed by atoms with Crippen molar-refractivity contribution in [1.29, 1.82) is 0 Å². The van der Waals surface area contributed by atoms with Gasteiger partial charge in [-0.3, -0.25) is 4.79 Å². The SMILES string of the molecule is O=C1CCCN1CC1CCCC(Br)C1. The molecule has 0 aromatic rings. The average molecular weight is 260 g/mol. The number of halogens is 1. The predicted octanol–water partition coefficient (Wildman–Crippen LogP) is 2.56. The van der Waals surface area contributed by atoms with Gasteiger partial charge >= 0.3 is 0 Å². The number of likely N-dealkylation sites (tertiary alicyclic amines) is 1. The number of nitrogens with zero attached hydrogens (tertiary/aromatic N) is 1. The Bertz CT molecular complexity index is 219. The van der Waals surface area contributed by atoms with E-state index in [0.717, 1.165) is 31.8 Å². The van der Waals surface area contributed by atoms with Crippen molar-refractivity contribution in [3.63, 3.8) is 0 Å². The summed E-state index contributed by atoms with van der Waals surface area (Å²) < 4.78 is 0. The van der Waals surface area contributed by atoms with Crippen LogP contribution in [0.2, 0.25) is 0 Å². The van der Waals surface area contributed by atoms with E-state index < -0.39 is 0 Å². The lowest BCUT2D eigenvalue weighted by Gasteiger charge is -2.29. The molecule has 1 saturated heterocycles.